The van der Waals surface area contributed by atoms with Crippen molar-refractivity contribution in [3.05, 3.63) is 63.9 Å². The molecule has 0 fully saturated rings. The third-order valence-electron chi connectivity index (χ3n) is 3.37. The minimum absolute atomic E-state index is 0.0540. The molecule has 106 valence electrons. The molecule has 0 bridgehead atoms. The van der Waals surface area contributed by atoms with Crippen LogP contribution in [0.2, 0.25) is 10.0 Å². The minimum atomic E-state index is 0.0540. The maximum absolute atomic E-state index is 12.2. The number of carbonyl (C=O) groups is 1. The van der Waals surface area contributed by atoms with E-state index in [1.54, 1.807) is 24.5 Å². The number of rotatable bonds is 4. The lowest BCUT2D eigenvalue weighted by Gasteiger charge is -2.04. The number of halogens is 2. The molecule has 0 unspecified atom stereocenters. The molecule has 0 radical (unpaired) electrons. The van der Waals surface area contributed by atoms with E-state index in [1.165, 1.54) is 0 Å². The number of Topliss-reactive ketones (excluding diaryl/α,β-unsaturated/α-hetero) is 1. The highest BCUT2D eigenvalue weighted by Gasteiger charge is 2.09. The topological polar surface area (TPSA) is 45.8 Å². The summed E-state index contributed by atoms with van der Waals surface area (Å²) in [6.45, 7) is 0. The molecule has 5 heteroatoms. The lowest BCUT2D eigenvalue weighted by atomic mass is 10.0. The summed E-state index contributed by atoms with van der Waals surface area (Å²) in [4.78, 5) is 19.4. The third-order valence-corrected chi connectivity index (χ3v) is 4.11. The Morgan fingerprint density at radius 1 is 1.10 bits per heavy atom. The van der Waals surface area contributed by atoms with Crippen molar-refractivity contribution < 1.29 is 4.79 Å². The Hall–Kier alpha value is -1.84. The van der Waals surface area contributed by atoms with Crippen LogP contribution in [0.3, 0.4) is 0 Å². The van der Waals surface area contributed by atoms with Gasteiger partial charge in [0.1, 0.15) is 0 Å². The number of imidazole rings is 1. The summed E-state index contributed by atoms with van der Waals surface area (Å²) < 4.78 is 0. The van der Waals surface area contributed by atoms with Crippen LogP contribution < -0.4 is 0 Å². The number of ketones is 1. The van der Waals surface area contributed by atoms with E-state index in [4.69, 9.17) is 23.2 Å². The summed E-state index contributed by atoms with van der Waals surface area (Å²) >= 11 is 11.8. The molecule has 3 rings (SSSR count). The highest BCUT2D eigenvalue weighted by molar-refractivity contribution is 6.42. The molecule has 0 aliphatic carbocycles. The molecule has 0 atom stereocenters. The molecule has 1 N–H and O–H groups in total. The molecule has 2 aromatic carbocycles. The standard InChI is InChI=1S/C16H12Cl2N2O/c17-12-4-3-11(8-13(12)18)16(21)6-2-10-1-5-14-15(7-10)20-9-19-14/h1,3-5,7-9H,2,6H2,(H,19,20). The van der Waals surface area contributed by atoms with Crippen molar-refractivity contribution in [2.45, 2.75) is 12.8 Å². The quantitative estimate of drug-likeness (QED) is 0.709. The fraction of sp³-hybridized carbons (Fsp3) is 0.125. The fourth-order valence-corrected chi connectivity index (χ4v) is 2.51. The Balaban J connectivity index is 1.71. The van der Waals surface area contributed by atoms with E-state index in [0.29, 0.717) is 28.5 Å². The highest BCUT2D eigenvalue weighted by Crippen LogP contribution is 2.23. The first kappa shape index (κ1) is 14.1. The van der Waals surface area contributed by atoms with Crippen LogP contribution in [-0.4, -0.2) is 15.8 Å². The van der Waals surface area contributed by atoms with Gasteiger partial charge in [-0.2, -0.15) is 0 Å². The first-order chi connectivity index (χ1) is 10.1. The molecular weight excluding hydrogens is 307 g/mol. The van der Waals surface area contributed by atoms with E-state index in [9.17, 15) is 4.79 Å². The second-order valence-electron chi connectivity index (χ2n) is 4.81. The third kappa shape index (κ3) is 3.09. The number of fused-ring (bicyclic) bond motifs is 1. The Bertz CT molecular complexity index is 811. The van der Waals surface area contributed by atoms with Crippen molar-refractivity contribution in [2.75, 3.05) is 0 Å². The normalized spacial score (nSPS) is 11.0. The molecule has 3 nitrogen and oxygen atoms in total. The van der Waals surface area contributed by atoms with Gasteiger partial charge in [-0.1, -0.05) is 29.3 Å². The maximum atomic E-state index is 12.2. The zero-order chi connectivity index (χ0) is 14.8. The molecule has 0 amide bonds. The summed E-state index contributed by atoms with van der Waals surface area (Å²) in [5.41, 5.74) is 3.59. The van der Waals surface area contributed by atoms with Gasteiger partial charge in [0, 0.05) is 12.0 Å². The second kappa shape index (κ2) is 5.88. The summed E-state index contributed by atoms with van der Waals surface area (Å²) in [5.74, 6) is 0.0540. The van der Waals surface area contributed by atoms with Crippen molar-refractivity contribution in [1.29, 1.82) is 0 Å². The molecule has 0 spiro atoms. The Morgan fingerprint density at radius 3 is 2.76 bits per heavy atom. The number of aromatic nitrogens is 2. The van der Waals surface area contributed by atoms with E-state index in [-0.39, 0.29) is 5.78 Å². The Kier molecular flexibility index (Phi) is 3.95. The van der Waals surface area contributed by atoms with E-state index in [0.717, 1.165) is 16.6 Å². The fourth-order valence-electron chi connectivity index (χ4n) is 2.21. The molecule has 0 saturated heterocycles. The largest absolute Gasteiger partial charge is 0.345 e. The van der Waals surface area contributed by atoms with Gasteiger partial charge in [0.25, 0.3) is 0 Å². The van der Waals surface area contributed by atoms with Crippen molar-refractivity contribution >= 4 is 40.0 Å². The molecule has 0 aliphatic rings. The number of aromatic amines is 1. The van der Waals surface area contributed by atoms with Crippen LogP contribution in [0.15, 0.2) is 42.7 Å². The number of aryl methyl sites for hydroxylation is 1. The second-order valence-corrected chi connectivity index (χ2v) is 5.62. The number of carbonyl (C=O) groups excluding carboxylic acids is 1. The summed E-state index contributed by atoms with van der Waals surface area (Å²) in [7, 11) is 0. The number of hydrogen-bond acceptors (Lipinski definition) is 2. The van der Waals surface area contributed by atoms with Crippen molar-refractivity contribution in [3.8, 4) is 0 Å². The molecule has 1 heterocycles. The van der Waals surface area contributed by atoms with Gasteiger partial charge in [0.05, 0.1) is 27.4 Å². The number of H-pyrrole nitrogens is 1. The predicted molar refractivity (Wildman–Crippen MR) is 85.2 cm³/mol. The van der Waals surface area contributed by atoms with Gasteiger partial charge in [0.2, 0.25) is 0 Å². The van der Waals surface area contributed by atoms with E-state index in [2.05, 4.69) is 9.97 Å². The Labute approximate surface area is 131 Å². The average molecular weight is 319 g/mol. The van der Waals surface area contributed by atoms with Gasteiger partial charge in [-0.05, 0) is 42.3 Å². The smallest absolute Gasteiger partial charge is 0.163 e. The number of hydrogen-bond donors (Lipinski definition) is 1. The Morgan fingerprint density at radius 2 is 1.95 bits per heavy atom. The van der Waals surface area contributed by atoms with Crippen molar-refractivity contribution in [1.82, 2.24) is 9.97 Å². The molecule has 0 saturated carbocycles. The van der Waals surface area contributed by atoms with Crippen LogP contribution in [0.4, 0.5) is 0 Å². The number of benzene rings is 2. The van der Waals surface area contributed by atoms with Crippen LogP contribution in [0.25, 0.3) is 11.0 Å². The molecular formula is C16H12Cl2N2O. The van der Waals surface area contributed by atoms with Gasteiger partial charge >= 0.3 is 0 Å². The zero-order valence-electron chi connectivity index (χ0n) is 11.1. The van der Waals surface area contributed by atoms with E-state index < -0.39 is 0 Å². The molecule has 1 aromatic heterocycles. The van der Waals surface area contributed by atoms with Crippen molar-refractivity contribution in [2.24, 2.45) is 0 Å². The van der Waals surface area contributed by atoms with Gasteiger partial charge in [-0.25, -0.2) is 4.98 Å². The van der Waals surface area contributed by atoms with Gasteiger partial charge in [0.15, 0.2) is 5.78 Å². The minimum Gasteiger partial charge on any atom is -0.345 e. The van der Waals surface area contributed by atoms with Crippen LogP contribution in [0.1, 0.15) is 22.3 Å². The van der Waals surface area contributed by atoms with Gasteiger partial charge in [-0.15, -0.1) is 0 Å². The maximum Gasteiger partial charge on any atom is 0.163 e. The van der Waals surface area contributed by atoms with E-state index >= 15 is 0 Å². The number of nitrogens with zero attached hydrogens (tertiary/aromatic N) is 1. The van der Waals surface area contributed by atoms with Crippen LogP contribution in [0, 0.1) is 0 Å². The number of nitrogens with one attached hydrogen (secondary N) is 1. The monoisotopic (exact) mass is 318 g/mol. The van der Waals surface area contributed by atoms with Gasteiger partial charge < -0.3 is 4.98 Å². The molecule has 3 aromatic rings. The predicted octanol–water partition coefficient (Wildman–Crippen LogP) is 4.69. The summed E-state index contributed by atoms with van der Waals surface area (Å²) in [6.07, 6.45) is 2.76. The highest BCUT2D eigenvalue weighted by atomic mass is 35.5. The lowest BCUT2D eigenvalue weighted by molar-refractivity contribution is 0.0983. The first-order valence-electron chi connectivity index (χ1n) is 6.54. The van der Waals surface area contributed by atoms with Crippen LogP contribution >= 0.6 is 23.2 Å². The molecule has 21 heavy (non-hydrogen) atoms. The SMILES string of the molecule is O=C(CCc1ccc2nc[nH]c2c1)c1ccc(Cl)c(Cl)c1. The first-order valence-corrected chi connectivity index (χ1v) is 7.29. The lowest BCUT2D eigenvalue weighted by Crippen LogP contribution is -2.01. The zero-order valence-corrected chi connectivity index (χ0v) is 12.6. The van der Waals surface area contributed by atoms with Crippen molar-refractivity contribution in [3.63, 3.8) is 0 Å². The average Bonchev–Trinajstić information content (AvgIpc) is 2.95. The van der Waals surface area contributed by atoms with Gasteiger partial charge in [-0.3, -0.25) is 4.79 Å². The molecule has 0 aliphatic heterocycles. The summed E-state index contributed by atoms with van der Waals surface area (Å²) in [6, 6.07) is 10.9. The van der Waals surface area contributed by atoms with E-state index in [1.807, 2.05) is 18.2 Å². The van der Waals surface area contributed by atoms with Crippen LogP contribution in [-0.2, 0) is 6.42 Å². The van der Waals surface area contributed by atoms with Crippen LogP contribution in [0.5, 0.6) is 0 Å². The summed E-state index contributed by atoms with van der Waals surface area (Å²) in [5, 5.41) is 0.860.